The Hall–Kier alpha value is -1.88. The van der Waals surface area contributed by atoms with E-state index in [4.69, 9.17) is 11.6 Å². The van der Waals surface area contributed by atoms with Crippen LogP contribution in [0.3, 0.4) is 0 Å². The van der Waals surface area contributed by atoms with Crippen LogP contribution in [0.15, 0.2) is 46.0 Å². The van der Waals surface area contributed by atoms with Crippen LogP contribution in [-0.2, 0) is 9.53 Å². The highest BCUT2D eigenvalue weighted by Gasteiger charge is 2.12. The average Bonchev–Trinajstić information content (AvgIpc) is 2.31. The van der Waals surface area contributed by atoms with E-state index in [0.717, 1.165) is 0 Å². The highest BCUT2D eigenvalue weighted by atomic mass is 35.5. The molecule has 90 valence electrons. The molecule has 6 heteroatoms. The van der Waals surface area contributed by atoms with Crippen molar-refractivity contribution in [2.75, 3.05) is 7.11 Å². The number of halogens is 1. The first-order chi connectivity index (χ1) is 8.04. The Kier molecular flexibility index (Phi) is 4.66. The molecule has 0 atom stereocenters. The number of azo groups is 1. The molecule has 0 heterocycles. The van der Waals surface area contributed by atoms with Gasteiger partial charge in [-0.2, -0.15) is 5.11 Å². The minimum Gasteiger partial charge on any atom is -0.510 e. The van der Waals surface area contributed by atoms with Gasteiger partial charge < -0.3 is 9.84 Å². The SMILES string of the molecule is COC(=O)/C(N=Nc1ccc(Cl)cc1)=C(/C)O. The van der Waals surface area contributed by atoms with E-state index >= 15 is 0 Å². The fourth-order valence-electron chi connectivity index (χ4n) is 0.973. The lowest BCUT2D eigenvalue weighted by Gasteiger charge is -1.99. The summed E-state index contributed by atoms with van der Waals surface area (Å²) in [5, 5.41) is 17.2. The van der Waals surface area contributed by atoms with Crippen LogP contribution >= 0.6 is 11.6 Å². The number of esters is 1. The van der Waals surface area contributed by atoms with E-state index in [1.54, 1.807) is 24.3 Å². The molecule has 1 N–H and O–H groups in total. The minimum absolute atomic E-state index is 0.234. The maximum Gasteiger partial charge on any atom is 0.362 e. The maximum atomic E-state index is 11.2. The third-order valence-corrected chi connectivity index (χ3v) is 2.07. The van der Waals surface area contributed by atoms with Crippen LogP contribution in [0.2, 0.25) is 5.02 Å². The molecular weight excluding hydrogens is 244 g/mol. The maximum absolute atomic E-state index is 11.2. The van der Waals surface area contributed by atoms with E-state index < -0.39 is 5.97 Å². The van der Waals surface area contributed by atoms with Gasteiger partial charge in [0.05, 0.1) is 12.8 Å². The summed E-state index contributed by atoms with van der Waals surface area (Å²) in [4.78, 5) is 11.2. The van der Waals surface area contributed by atoms with Crippen molar-refractivity contribution in [2.24, 2.45) is 10.2 Å². The third-order valence-electron chi connectivity index (χ3n) is 1.81. The predicted molar refractivity (Wildman–Crippen MR) is 63.3 cm³/mol. The number of hydrogen-bond donors (Lipinski definition) is 1. The number of aliphatic hydroxyl groups excluding tert-OH is 1. The number of rotatable bonds is 3. The standard InChI is InChI=1S/C11H11ClN2O3/c1-7(15)10(11(16)17-2)14-13-9-5-3-8(12)4-6-9/h3-6,15H,1-2H3/b10-7+,14-13?. The molecule has 0 aliphatic carbocycles. The van der Waals surface area contributed by atoms with Crippen molar-refractivity contribution in [3.8, 4) is 0 Å². The predicted octanol–water partition coefficient (Wildman–Crippen LogP) is 3.39. The van der Waals surface area contributed by atoms with E-state index in [0.29, 0.717) is 10.7 Å². The molecule has 0 saturated carbocycles. The molecule has 1 rings (SSSR count). The van der Waals surface area contributed by atoms with Gasteiger partial charge in [0.2, 0.25) is 5.70 Å². The zero-order valence-corrected chi connectivity index (χ0v) is 10.1. The van der Waals surface area contributed by atoms with Crippen molar-refractivity contribution in [3.63, 3.8) is 0 Å². The van der Waals surface area contributed by atoms with Crippen LogP contribution < -0.4 is 0 Å². The Bertz CT molecular complexity index is 462. The van der Waals surface area contributed by atoms with Crippen LogP contribution in [0.25, 0.3) is 0 Å². The number of carbonyl (C=O) groups excluding carboxylic acids is 1. The van der Waals surface area contributed by atoms with Crippen molar-refractivity contribution < 1.29 is 14.6 Å². The lowest BCUT2D eigenvalue weighted by Crippen LogP contribution is -2.04. The number of benzene rings is 1. The average molecular weight is 255 g/mol. The van der Waals surface area contributed by atoms with E-state index in [9.17, 15) is 9.90 Å². The zero-order chi connectivity index (χ0) is 12.8. The normalized spacial score (nSPS) is 12.4. The molecule has 5 nitrogen and oxygen atoms in total. The van der Waals surface area contributed by atoms with E-state index in [1.807, 2.05) is 0 Å². The second-order valence-electron chi connectivity index (χ2n) is 3.10. The smallest absolute Gasteiger partial charge is 0.362 e. The summed E-state index contributed by atoms with van der Waals surface area (Å²) in [5.41, 5.74) is 0.277. The third kappa shape index (κ3) is 3.88. The topological polar surface area (TPSA) is 71.2 Å². The summed E-state index contributed by atoms with van der Waals surface area (Å²) >= 11 is 5.70. The van der Waals surface area contributed by atoms with Crippen molar-refractivity contribution in [1.82, 2.24) is 0 Å². The molecule has 0 amide bonds. The van der Waals surface area contributed by atoms with E-state index in [1.165, 1.54) is 14.0 Å². The Morgan fingerprint density at radius 1 is 1.35 bits per heavy atom. The number of methoxy groups -OCH3 is 1. The molecule has 0 saturated heterocycles. The summed E-state index contributed by atoms with van der Waals surface area (Å²) in [6.45, 7) is 1.33. The quantitative estimate of drug-likeness (QED) is 0.389. The summed E-state index contributed by atoms with van der Waals surface area (Å²) in [5.74, 6) is -1.00. The van der Waals surface area contributed by atoms with Crippen LogP contribution in [-0.4, -0.2) is 18.2 Å². The summed E-state index contributed by atoms with van der Waals surface area (Å²) in [6, 6.07) is 6.55. The summed E-state index contributed by atoms with van der Waals surface area (Å²) < 4.78 is 4.45. The molecule has 0 spiro atoms. The molecule has 17 heavy (non-hydrogen) atoms. The van der Waals surface area contributed by atoms with Crippen molar-refractivity contribution in [1.29, 1.82) is 0 Å². The number of carbonyl (C=O) groups is 1. The molecule has 0 bridgehead atoms. The molecule has 0 aliphatic rings. The van der Waals surface area contributed by atoms with Crippen molar-refractivity contribution in [3.05, 3.63) is 40.7 Å². The fraction of sp³-hybridized carbons (Fsp3) is 0.182. The van der Waals surface area contributed by atoms with Gasteiger partial charge in [-0.1, -0.05) is 11.6 Å². The molecule has 1 aromatic rings. The monoisotopic (exact) mass is 254 g/mol. The summed E-state index contributed by atoms with van der Waals surface area (Å²) in [7, 11) is 1.20. The van der Waals surface area contributed by atoms with Crippen molar-refractivity contribution in [2.45, 2.75) is 6.92 Å². The van der Waals surface area contributed by atoms with Gasteiger partial charge in [-0.3, -0.25) is 0 Å². The lowest BCUT2D eigenvalue weighted by molar-refractivity contribution is -0.136. The Balaban J connectivity index is 2.92. The lowest BCUT2D eigenvalue weighted by atomic mass is 10.3. The first-order valence-electron chi connectivity index (χ1n) is 4.70. The van der Waals surface area contributed by atoms with Gasteiger partial charge in [0, 0.05) is 5.02 Å². The Labute approximate surface area is 103 Å². The number of hydrogen-bond acceptors (Lipinski definition) is 5. The number of nitrogens with zero attached hydrogens (tertiary/aromatic N) is 2. The Morgan fingerprint density at radius 3 is 2.41 bits per heavy atom. The molecule has 0 aromatic heterocycles. The molecule has 0 fully saturated rings. The number of allylic oxidation sites excluding steroid dienone is 1. The van der Waals surface area contributed by atoms with Crippen molar-refractivity contribution >= 4 is 23.3 Å². The summed E-state index contributed by atoms with van der Waals surface area (Å²) in [6.07, 6.45) is 0. The molecular formula is C11H11ClN2O3. The highest BCUT2D eigenvalue weighted by Crippen LogP contribution is 2.18. The van der Waals surface area contributed by atoms with Gasteiger partial charge in [0.1, 0.15) is 5.76 Å². The zero-order valence-electron chi connectivity index (χ0n) is 9.35. The highest BCUT2D eigenvalue weighted by molar-refractivity contribution is 6.30. The van der Waals surface area contributed by atoms with E-state index in [-0.39, 0.29) is 11.5 Å². The second kappa shape index (κ2) is 6.00. The second-order valence-corrected chi connectivity index (χ2v) is 3.54. The van der Waals surface area contributed by atoms with Crippen LogP contribution in [0.4, 0.5) is 5.69 Å². The fourth-order valence-corrected chi connectivity index (χ4v) is 1.10. The van der Waals surface area contributed by atoms with Gasteiger partial charge in [-0.25, -0.2) is 4.79 Å². The molecule has 1 aromatic carbocycles. The first kappa shape index (κ1) is 13.2. The van der Waals surface area contributed by atoms with Crippen LogP contribution in [0, 0.1) is 0 Å². The van der Waals surface area contributed by atoms with Gasteiger partial charge in [-0.05, 0) is 31.2 Å². The number of aliphatic hydroxyl groups is 1. The van der Waals surface area contributed by atoms with Gasteiger partial charge in [-0.15, -0.1) is 5.11 Å². The Morgan fingerprint density at radius 2 is 1.94 bits per heavy atom. The molecule has 0 radical (unpaired) electrons. The number of ether oxygens (including phenoxy) is 1. The van der Waals surface area contributed by atoms with Gasteiger partial charge in [0.15, 0.2) is 0 Å². The first-order valence-corrected chi connectivity index (χ1v) is 5.08. The molecule has 0 aliphatic heterocycles. The van der Waals surface area contributed by atoms with Crippen LogP contribution in [0.1, 0.15) is 6.92 Å². The largest absolute Gasteiger partial charge is 0.510 e. The minimum atomic E-state index is -0.747. The molecule has 0 unspecified atom stereocenters. The van der Waals surface area contributed by atoms with Gasteiger partial charge >= 0.3 is 5.97 Å². The van der Waals surface area contributed by atoms with E-state index in [2.05, 4.69) is 15.0 Å². The van der Waals surface area contributed by atoms with Crippen LogP contribution in [0.5, 0.6) is 0 Å². The van der Waals surface area contributed by atoms with Gasteiger partial charge in [0.25, 0.3) is 0 Å².